The van der Waals surface area contributed by atoms with Crippen molar-refractivity contribution in [3.05, 3.63) is 35.7 Å². The first-order valence-electron chi connectivity index (χ1n) is 6.27. The van der Waals surface area contributed by atoms with E-state index in [0.717, 1.165) is 24.2 Å². The molecule has 2 heterocycles. The van der Waals surface area contributed by atoms with Crippen molar-refractivity contribution in [2.75, 3.05) is 20.6 Å². The van der Waals surface area contributed by atoms with Gasteiger partial charge in [0.1, 0.15) is 0 Å². The van der Waals surface area contributed by atoms with Crippen LogP contribution >= 0.6 is 0 Å². The van der Waals surface area contributed by atoms with E-state index in [1.807, 2.05) is 38.2 Å². The van der Waals surface area contributed by atoms with E-state index in [-0.39, 0.29) is 0 Å². The smallest absolute Gasteiger partial charge is 0.0943 e. The van der Waals surface area contributed by atoms with Gasteiger partial charge in [-0.15, -0.1) is 0 Å². The lowest BCUT2D eigenvalue weighted by Gasteiger charge is -2.23. The fourth-order valence-corrected chi connectivity index (χ4v) is 2.23. The van der Waals surface area contributed by atoms with E-state index in [4.69, 9.17) is 0 Å². The third-order valence-electron chi connectivity index (χ3n) is 3.15. The van der Waals surface area contributed by atoms with E-state index in [1.54, 1.807) is 0 Å². The summed E-state index contributed by atoms with van der Waals surface area (Å²) in [6.07, 6.45) is 8.69. The van der Waals surface area contributed by atoms with Crippen LogP contribution < -0.4 is 0 Å². The predicted octanol–water partition coefficient (Wildman–Crippen LogP) is 1.34. The van der Waals surface area contributed by atoms with Gasteiger partial charge in [0.25, 0.3) is 0 Å². The molecule has 0 aliphatic carbocycles. The summed E-state index contributed by atoms with van der Waals surface area (Å²) in [4.78, 5) is 4.19. The van der Waals surface area contributed by atoms with E-state index < -0.39 is 6.10 Å². The normalized spacial score (nSPS) is 23.2. The van der Waals surface area contributed by atoms with Gasteiger partial charge >= 0.3 is 0 Å². The molecule has 0 aromatic carbocycles. The molecule has 18 heavy (non-hydrogen) atoms. The van der Waals surface area contributed by atoms with Crippen molar-refractivity contribution in [2.45, 2.75) is 25.5 Å². The maximum Gasteiger partial charge on any atom is 0.0943 e. The Morgan fingerprint density at radius 3 is 2.94 bits per heavy atom. The molecule has 3 heteroatoms. The lowest BCUT2D eigenvalue weighted by Crippen LogP contribution is -2.23. The highest BCUT2D eigenvalue weighted by molar-refractivity contribution is 5.43. The van der Waals surface area contributed by atoms with Crippen molar-refractivity contribution in [1.82, 2.24) is 9.80 Å². The van der Waals surface area contributed by atoms with Crippen molar-refractivity contribution in [3.8, 4) is 11.8 Å². The van der Waals surface area contributed by atoms with Crippen molar-refractivity contribution >= 4 is 0 Å². The molecule has 2 aliphatic heterocycles. The van der Waals surface area contributed by atoms with Gasteiger partial charge in [-0.05, 0) is 45.0 Å². The second-order valence-electron chi connectivity index (χ2n) is 4.99. The average Bonchev–Trinajstić information content (AvgIpc) is 2.68. The van der Waals surface area contributed by atoms with Crippen LogP contribution in [0.15, 0.2) is 35.7 Å². The average molecular weight is 244 g/mol. The summed E-state index contributed by atoms with van der Waals surface area (Å²) >= 11 is 0. The zero-order chi connectivity index (χ0) is 13.1. The van der Waals surface area contributed by atoms with Gasteiger partial charge in [-0.3, -0.25) is 4.90 Å². The van der Waals surface area contributed by atoms with E-state index >= 15 is 0 Å². The molecule has 96 valence electrons. The summed E-state index contributed by atoms with van der Waals surface area (Å²) in [5, 5.41) is 9.87. The van der Waals surface area contributed by atoms with Crippen LogP contribution in [0.4, 0.5) is 0 Å². The highest BCUT2D eigenvalue weighted by Crippen LogP contribution is 2.33. The second-order valence-corrected chi connectivity index (χ2v) is 4.99. The molecule has 0 amide bonds. The predicted molar refractivity (Wildman–Crippen MR) is 73.6 cm³/mol. The Labute approximate surface area is 109 Å². The quantitative estimate of drug-likeness (QED) is 0.743. The van der Waals surface area contributed by atoms with Crippen molar-refractivity contribution in [1.29, 1.82) is 0 Å². The molecule has 2 atom stereocenters. The second kappa shape index (κ2) is 5.43. The van der Waals surface area contributed by atoms with Gasteiger partial charge in [0.2, 0.25) is 0 Å². The van der Waals surface area contributed by atoms with E-state index in [2.05, 4.69) is 28.9 Å². The third-order valence-corrected chi connectivity index (χ3v) is 3.15. The van der Waals surface area contributed by atoms with Crippen LogP contribution in [0.3, 0.4) is 0 Å². The number of aliphatic hydroxyl groups is 1. The Bertz CT molecular complexity index is 461. The minimum Gasteiger partial charge on any atom is -0.389 e. The maximum absolute atomic E-state index is 9.87. The number of rotatable bonds is 2. The summed E-state index contributed by atoms with van der Waals surface area (Å²) in [6.45, 7) is 2.55. The molecule has 3 nitrogen and oxygen atoms in total. The molecule has 1 N–H and O–H groups in total. The SMILES string of the molecule is CC(O)C1=C(C#CCN(C)C)N2C=CC=CC2C1. The molecule has 0 radical (unpaired) electrons. The van der Waals surface area contributed by atoms with E-state index in [9.17, 15) is 5.11 Å². The largest absolute Gasteiger partial charge is 0.389 e. The van der Waals surface area contributed by atoms with Crippen LogP contribution in [0.5, 0.6) is 0 Å². The van der Waals surface area contributed by atoms with Gasteiger partial charge in [0.15, 0.2) is 0 Å². The molecule has 2 unspecified atom stereocenters. The molecule has 0 aromatic rings. The zero-order valence-corrected chi connectivity index (χ0v) is 11.2. The number of nitrogens with zero attached hydrogens (tertiary/aromatic N) is 2. The first-order valence-corrected chi connectivity index (χ1v) is 6.27. The molecule has 0 bridgehead atoms. The standard InChI is InChI=1S/C15H20N2O/c1-12(18)14-11-13-7-4-5-10-17(13)15(14)8-6-9-16(2)3/h4-5,7,10,12-13,18H,9,11H2,1-3H3. The summed E-state index contributed by atoms with van der Waals surface area (Å²) < 4.78 is 0. The Kier molecular flexibility index (Phi) is 3.90. The van der Waals surface area contributed by atoms with Gasteiger partial charge in [-0.1, -0.05) is 18.1 Å². The van der Waals surface area contributed by atoms with Crippen LogP contribution in [0.25, 0.3) is 0 Å². The number of aliphatic hydroxyl groups excluding tert-OH is 1. The summed E-state index contributed by atoms with van der Waals surface area (Å²) in [5.74, 6) is 6.36. The molecule has 0 saturated carbocycles. The molecular formula is C15H20N2O. The van der Waals surface area contributed by atoms with Crippen molar-refractivity contribution < 1.29 is 5.11 Å². The van der Waals surface area contributed by atoms with Gasteiger partial charge < -0.3 is 10.0 Å². The fraction of sp³-hybridized carbons (Fsp3) is 0.467. The first-order chi connectivity index (χ1) is 8.59. The van der Waals surface area contributed by atoms with Crippen molar-refractivity contribution in [2.24, 2.45) is 0 Å². The summed E-state index contributed by atoms with van der Waals surface area (Å²) in [5.41, 5.74) is 2.01. The summed E-state index contributed by atoms with van der Waals surface area (Å²) in [6, 6.07) is 0.322. The third kappa shape index (κ3) is 2.66. The van der Waals surface area contributed by atoms with E-state index in [0.29, 0.717) is 6.04 Å². The fourth-order valence-electron chi connectivity index (χ4n) is 2.23. The topological polar surface area (TPSA) is 26.7 Å². The monoisotopic (exact) mass is 244 g/mol. The zero-order valence-electron chi connectivity index (χ0n) is 11.2. The van der Waals surface area contributed by atoms with Crippen LogP contribution in [-0.4, -0.2) is 47.7 Å². The van der Waals surface area contributed by atoms with Crippen molar-refractivity contribution in [3.63, 3.8) is 0 Å². The minimum absolute atomic E-state index is 0.322. The Morgan fingerprint density at radius 2 is 2.28 bits per heavy atom. The Balaban J connectivity index is 2.25. The molecule has 0 spiro atoms. The maximum atomic E-state index is 9.87. The van der Waals surface area contributed by atoms with Crippen LogP contribution in [0.2, 0.25) is 0 Å². The summed E-state index contributed by atoms with van der Waals surface area (Å²) in [7, 11) is 4.00. The minimum atomic E-state index is -0.430. The van der Waals surface area contributed by atoms with E-state index in [1.165, 1.54) is 0 Å². The molecule has 2 aliphatic rings. The Morgan fingerprint density at radius 1 is 1.50 bits per heavy atom. The lowest BCUT2D eigenvalue weighted by molar-refractivity contribution is 0.228. The highest BCUT2D eigenvalue weighted by atomic mass is 16.3. The molecule has 0 fully saturated rings. The number of hydrogen-bond acceptors (Lipinski definition) is 3. The molecular weight excluding hydrogens is 224 g/mol. The lowest BCUT2D eigenvalue weighted by atomic mass is 10.0. The van der Waals surface area contributed by atoms with Gasteiger partial charge in [0.05, 0.1) is 24.4 Å². The van der Waals surface area contributed by atoms with Crippen LogP contribution in [0, 0.1) is 11.8 Å². The van der Waals surface area contributed by atoms with Crippen LogP contribution in [-0.2, 0) is 0 Å². The van der Waals surface area contributed by atoms with Gasteiger partial charge in [-0.2, -0.15) is 0 Å². The first kappa shape index (κ1) is 12.9. The van der Waals surface area contributed by atoms with Gasteiger partial charge in [-0.25, -0.2) is 0 Å². The van der Waals surface area contributed by atoms with Crippen LogP contribution in [0.1, 0.15) is 13.3 Å². The number of allylic oxidation sites excluding steroid dienone is 3. The molecule has 2 rings (SSSR count). The Hall–Kier alpha value is -1.50. The number of fused-ring (bicyclic) bond motifs is 1. The number of hydrogen-bond donors (Lipinski definition) is 1. The molecule has 0 saturated heterocycles. The molecule has 0 aromatic heterocycles. The highest BCUT2D eigenvalue weighted by Gasteiger charge is 2.30. The van der Waals surface area contributed by atoms with Gasteiger partial charge in [0, 0.05) is 6.20 Å².